The molecule has 9 heteroatoms. The number of rotatable bonds is 6. The standard InChI is InChI=1S/C21H24N6O3/c22-19(29)18-10-25-27-12-15(9-24-20(18)27)8-23-17-5-1-4-16(7-17)21(30)26-6-2-3-14(11-26)13-28/h1,4-5,7,9-10,12,14,23,28H,2-3,6,8,11,13H2,(H2,22,29). The van der Waals surface area contributed by atoms with Gasteiger partial charge in [-0.3, -0.25) is 9.59 Å². The fourth-order valence-corrected chi connectivity index (χ4v) is 3.73. The highest BCUT2D eigenvalue weighted by molar-refractivity contribution is 5.98. The normalized spacial score (nSPS) is 16.6. The second kappa shape index (κ2) is 8.50. The van der Waals surface area contributed by atoms with Gasteiger partial charge in [-0.05, 0) is 37.0 Å². The maximum Gasteiger partial charge on any atom is 0.254 e. The number of likely N-dealkylation sites (tertiary alicyclic amines) is 1. The second-order valence-corrected chi connectivity index (χ2v) is 7.53. The highest BCUT2D eigenvalue weighted by atomic mass is 16.3. The van der Waals surface area contributed by atoms with E-state index in [0.29, 0.717) is 24.3 Å². The average molecular weight is 408 g/mol. The third kappa shape index (κ3) is 4.11. The highest BCUT2D eigenvalue weighted by Gasteiger charge is 2.24. The quantitative estimate of drug-likeness (QED) is 0.564. The molecule has 0 radical (unpaired) electrons. The molecule has 30 heavy (non-hydrogen) atoms. The van der Waals surface area contributed by atoms with Crippen LogP contribution < -0.4 is 11.1 Å². The first-order valence-corrected chi connectivity index (χ1v) is 9.91. The number of amides is 2. The monoisotopic (exact) mass is 408 g/mol. The number of benzene rings is 1. The van der Waals surface area contributed by atoms with E-state index in [2.05, 4.69) is 15.4 Å². The van der Waals surface area contributed by atoms with E-state index in [4.69, 9.17) is 5.73 Å². The minimum Gasteiger partial charge on any atom is -0.396 e. The van der Waals surface area contributed by atoms with Crippen molar-refractivity contribution in [1.82, 2.24) is 19.5 Å². The molecule has 2 aromatic heterocycles. The number of carbonyl (C=O) groups excluding carboxylic acids is 2. The van der Waals surface area contributed by atoms with Gasteiger partial charge in [-0.25, -0.2) is 9.50 Å². The first-order chi connectivity index (χ1) is 14.5. The van der Waals surface area contributed by atoms with Crippen LogP contribution in [0.4, 0.5) is 5.69 Å². The predicted molar refractivity (Wildman–Crippen MR) is 111 cm³/mol. The van der Waals surface area contributed by atoms with Crippen LogP contribution in [0.1, 0.15) is 39.1 Å². The first-order valence-electron chi connectivity index (χ1n) is 9.91. The molecule has 2 amide bonds. The number of piperidine rings is 1. The number of hydrogen-bond donors (Lipinski definition) is 3. The zero-order chi connectivity index (χ0) is 21.1. The Hall–Kier alpha value is -3.46. The molecule has 0 saturated carbocycles. The third-order valence-electron chi connectivity index (χ3n) is 5.35. The van der Waals surface area contributed by atoms with Crippen LogP contribution in [-0.2, 0) is 6.54 Å². The van der Waals surface area contributed by atoms with Gasteiger partial charge in [0.15, 0.2) is 5.65 Å². The maximum absolute atomic E-state index is 12.8. The smallest absolute Gasteiger partial charge is 0.254 e. The number of hydrogen-bond acceptors (Lipinski definition) is 6. The lowest BCUT2D eigenvalue weighted by atomic mass is 9.98. The Morgan fingerprint density at radius 3 is 2.97 bits per heavy atom. The van der Waals surface area contributed by atoms with Crippen molar-refractivity contribution in [3.8, 4) is 0 Å². The van der Waals surface area contributed by atoms with Gasteiger partial charge in [0.25, 0.3) is 11.8 Å². The zero-order valence-corrected chi connectivity index (χ0v) is 16.5. The first kappa shape index (κ1) is 19.8. The zero-order valence-electron chi connectivity index (χ0n) is 16.5. The fraction of sp³-hybridized carbons (Fsp3) is 0.333. The molecule has 156 valence electrons. The molecule has 0 spiro atoms. The molecule has 4 rings (SSSR count). The number of carbonyl (C=O) groups is 2. The van der Waals surface area contributed by atoms with E-state index in [1.165, 1.54) is 10.7 Å². The molecular formula is C21H24N6O3. The molecular weight excluding hydrogens is 384 g/mol. The van der Waals surface area contributed by atoms with Crippen molar-refractivity contribution in [1.29, 1.82) is 0 Å². The second-order valence-electron chi connectivity index (χ2n) is 7.53. The molecule has 1 aromatic carbocycles. The number of primary amides is 1. The van der Waals surface area contributed by atoms with Crippen molar-refractivity contribution in [2.75, 3.05) is 25.0 Å². The van der Waals surface area contributed by atoms with E-state index >= 15 is 0 Å². The summed E-state index contributed by atoms with van der Waals surface area (Å²) in [6, 6.07) is 7.38. The van der Waals surface area contributed by atoms with Crippen LogP contribution >= 0.6 is 0 Å². The van der Waals surface area contributed by atoms with Crippen LogP contribution in [0.2, 0.25) is 0 Å². The van der Waals surface area contributed by atoms with Gasteiger partial charge in [0, 0.05) is 55.4 Å². The summed E-state index contributed by atoms with van der Waals surface area (Å²) in [5, 5.41) is 16.8. The number of nitrogens with zero attached hydrogens (tertiary/aromatic N) is 4. The molecule has 1 aliphatic heterocycles. The topological polar surface area (TPSA) is 126 Å². The molecule has 0 aliphatic carbocycles. The van der Waals surface area contributed by atoms with Crippen molar-refractivity contribution in [3.05, 3.63) is 59.5 Å². The lowest BCUT2D eigenvalue weighted by molar-refractivity contribution is 0.0620. The number of nitrogens with one attached hydrogen (secondary N) is 1. The summed E-state index contributed by atoms with van der Waals surface area (Å²) in [5.41, 5.74) is 8.31. The maximum atomic E-state index is 12.8. The Bertz CT molecular complexity index is 1080. The van der Waals surface area contributed by atoms with Crippen LogP contribution in [0, 0.1) is 5.92 Å². The van der Waals surface area contributed by atoms with Gasteiger partial charge in [0.05, 0.1) is 6.20 Å². The number of aromatic nitrogens is 3. The molecule has 1 atom stereocenters. The minimum atomic E-state index is -0.566. The van der Waals surface area contributed by atoms with Gasteiger partial charge in [-0.15, -0.1) is 0 Å². The van der Waals surface area contributed by atoms with Crippen LogP contribution in [-0.4, -0.2) is 56.1 Å². The van der Waals surface area contributed by atoms with Crippen LogP contribution in [0.25, 0.3) is 5.65 Å². The van der Waals surface area contributed by atoms with E-state index in [9.17, 15) is 14.7 Å². The van der Waals surface area contributed by atoms with Gasteiger partial charge in [0.1, 0.15) is 5.56 Å². The SMILES string of the molecule is NC(=O)c1cnn2cc(CNc3cccc(C(=O)N4CCCC(CO)C4)c3)cnc12. The van der Waals surface area contributed by atoms with Crippen molar-refractivity contribution < 1.29 is 14.7 Å². The summed E-state index contributed by atoms with van der Waals surface area (Å²) in [6.07, 6.45) is 6.71. The van der Waals surface area contributed by atoms with Gasteiger partial charge < -0.3 is 21.1 Å². The Morgan fingerprint density at radius 2 is 2.17 bits per heavy atom. The van der Waals surface area contributed by atoms with Crippen LogP contribution in [0.5, 0.6) is 0 Å². The largest absolute Gasteiger partial charge is 0.396 e. The molecule has 1 aliphatic rings. The van der Waals surface area contributed by atoms with E-state index in [-0.39, 0.29) is 24.0 Å². The summed E-state index contributed by atoms with van der Waals surface area (Å²) in [7, 11) is 0. The lowest BCUT2D eigenvalue weighted by Gasteiger charge is -2.32. The Morgan fingerprint density at radius 1 is 1.30 bits per heavy atom. The molecule has 1 saturated heterocycles. The molecule has 4 N–H and O–H groups in total. The predicted octanol–water partition coefficient (Wildman–Crippen LogP) is 1.28. The number of fused-ring (bicyclic) bond motifs is 1. The Labute approximate surface area is 173 Å². The average Bonchev–Trinajstić information content (AvgIpc) is 3.21. The highest BCUT2D eigenvalue weighted by Crippen LogP contribution is 2.20. The van der Waals surface area contributed by atoms with E-state index < -0.39 is 5.91 Å². The van der Waals surface area contributed by atoms with Gasteiger partial charge >= 0.3 is 0 Å². The Kier molecular flexibility index (Phi) is 5.62. The summed E-state index contributed by atoms with van der Waals surface area (Å²) < 4.78 is 1.52. The van der Waals surface area contributed by atoms with Gasteiger partial charge in [-0.1, -0.05) is 6.07 Å². The molecule has 3 heterocycles. The van der Waals surface area contributed by atoms with Crippen LogP contribution in [0.15, 0.2) is 42.9 Å². The molecule has 3 aromatic rings. The number of aliphatic hydroxyl groups is 1. The lowest BCUT2D eigenvalue weighted by Crippen LogP contribution is -2.40. The number of aliphatic hydroxyl groups excluding tert-OH is 1. The molecule has 0 bridgehead atoms. The van der Waals surface area contributed by atoms with Gasteiger partial charge in [-0.2, -0.15) is 5.10 Å². The van der Waals surface area contributed by atoms with Crippen molar-refractivity contribution in [3.63, 3.8) is 0 Å². The molecule has 9 nitrogen and oxygen atoms in total. The van der Waals surface area contributed by atoms with Crippen molar-refractivity contribution in [2.24, 2.45) is 11.7 Å². The van der Waals surface area contributed by atoms with Crippen molar-refractivity contribution in [2.45, 2.75) is 19.4 Å². The third-order valence-corrected chi connectivity index (χ3v) is 5.35. The summed E-state index contributed by atoms with van der Waals surface area (Å²) >= 11 is 0. The van der Waals surface area contributed by atoms with Crippen molar-refractivity contribution >= 4 is 23.1 Å². The summed E-state index contributed by atoms with van der Waals surface area (Å²) in [5.74, 6) is -0.428. The Balaban J connectivity index is 1.44. The molecule has 1 fully saturated rings. The minimum absolute atomic E-state index is 0.0181. The number of nitrogens with two attached hydrogens (primary N) is 1. The van der Waals surface area contributed by atoms with E-state index in [1.807, 2.05) is 23.1 Å². The fourth-order valence-electron chi connectivity index (χ4n) is 3.73. The van der Waals surface area contributed by atoms with E-state index in [1.54, 1.807) is 18.5 Å². The number of anilines is 1. The van der Waals surface area contributed by atoms with Gasteiger partial charge in [0.2, 0.25) is 0 Å². The van der Waals surface area contributed by atoms with Crippen LogP contribution in [0.3, 0.4) is 0 Å². The summed E-state index contributed by atoms with van der Waals surface area (Å²) in [4.78, 5) is 30.3. The molecule has 1 unspecified atom stereocenters. The summed E-state index contributed by atoms with van der Waals surface area (Å²) in [6.45, 7) is 1.90. The van der Waals surface area contributed by atoms with E-state index in [0.717, 1.165) is 30.6 Å².